The summed E-state index contributed by atoms with van der Waals surface area (Å²) in [6.45, 7) is 0. The maximum absolute atomic E-state index is 2.29. The minimum absolute atomic E-state index is 0.575. The Balaban J connectivity index is 2.22. The number of hydrogen-bond acceptors (Lipinski definition) is 1. The van der Waals surface area contributed by atoms with Gasteiger partial charge in [-0.1, -0.05) is 36.4 Å². The predicted molar refractivity (Wildman–Crippen MR) is 55.3 cm³/mol. The molecular formula is C12H15N. The first kappa shape index (κ1) is 8.36. The van der Waals surface area contributed by atoms with Crippen LogP contribution in [0.5, 0.6) is 0 Å². The Morgan fingerprint density at radius 2 is 2.00 bits per heavy atom. The zero-order chi connectivity index (χ0) is 9.10. The van der Waals surface area contributed by atoms with Crippen LogP contribution in [0.4, 0.5) is 0 Å². The molecule has 0 saturated heterocycles. The molecule has 0 aromatic heterocycles. The highest BCUT2D eigenvalue weighted by Crippen LogP contribution is 2.27. The predicted octanol–water partition coefficient (Wildman–Crippen LogP) is 2.97. The van der Waals surface area contributed by atoms with Gasteiger partial charge in [-0.25, -0.2) is 0 Å². The van der Waals surface area contributed by atoms with Crippen molar-refractivity contribution in [2.45, 2.75) is 18.9 Å². The Morgan fingerprint density at radius 1 is 1.23 bits per heavy atom. The molecule has 0 saturated carbocycles. The van der Waals surface area contributed by atoms with E-state index in [-0.39, 0.29) is 0 Å². The van der Waals surface area contributed by atoms with E-state index in [2.05, 4.69) is 54.6 Å². The van der Waals surface area contributed by atoms with Crippen LogP contribution in [-0.2, 0) is 0 Å². The van der Waals surface area contributed by atoms with E-state index in [1.54, 1.807) is 0 Å². The lowest BCUT2D eigenvalue weighted by molar-refractivity contribution is 0.304. The van der Waals surface area contributed by atoms with Crippen molar-refractivity contribution in [2.75, 3.05) is 7.05 Å². The van der Waals surface area contributed by atoms with Crippen LogP contribution in [0.3, 0.4) is 0 Å². The van der Waals surface area contributed by atoms with Gasteiger partial charge in [-0.2, -0.15) is 0 Å². The highest BCUT2D eigenvalue weighted by atomic mass is 15.1. The average Bonchev–Trinajstić information content (AvgIpc) is 2.20. The molecule has 0 radical (unpaired) electrons. The van der Waals surface area contributed by atoms with Crippen LogP contribution in [0.1, 0.15) is 24.4 Å². The molecule has 1 aliphatic heterocycles. The summed E-state index contributed by atoms with van der Waals surface area (Å²) in [7, 11) is 2.15. The lowest BCUT2D eigenvalue weighted by atomic mass is 9.99. The molecule has 1 heterocycles. The fraction of sp³-hybridized carbons (Fsp3) is 0.333. The van der Waals surface area contributed by atoms with E-state index in [4.69, 9.17) is 0 Å². The number of benzene rings is 1. The second-order valence-corrected chi connectivity index (χ2v) is 3.55. The molecule has 0 aliphatic carbocycles. The molecule has 1 heteroatoms. The fourth-order valence-electron chi connectivity index (χ4n) is 1.88. The van der Waals surface area contributed by atoms with Crippen molar-refractivity contribution in [1.82, 2.24) is 4.90 Å². The molecule has 68 valence electrons. The van der Waals surface area contributed by atoms with Gasteiger partial charge in [0, 0.05) is 7.05 Å². The third-order valence-electron chi connectivity index (χ3n) is 2.62. The van der Waals surface area contributed by atoms with Crippen LogP contribution < -0.4 is 0 Å². The Labute approximate surface area is 79.7 Å². The molecule has 2 rings (SSSR count). The third-order valence-corrected chi connectivity index (χ3v) is 2.62. The lowest BCUT2D eigenvalue weighted by Gasteiger charge is -2.30. The molecular weight excluding hydrogens is 158 g/mol. The maximum Gasteiger partial charge on any atom is 0.0536 e. The summed E-state index contributed by atoms with van der Waals surface area (Å²) in [6.07, 6.45) is 6.85. The highest BCUT2D eigenvalue weighted by Gasteiger charge is 2.15. The molecule has 0 spiro atoms. The molecule has 1 aromatic rings. The molecule has 1 aromatic carbocycles. The van der Waals surface area contributed by atoms with Gasteiger partial charge in [0.1, 0.15) is 0 Å². The number of rotatable bonds is 1. The largest absolute Gasteiger partial charge is 0.374 e. The van der Waals surface area contributed by atoms with Gasteiger partial charge in [0.05, 0.1) is 6.04 Å². The van der Waals surface area contributed by atoms with Crippen LogP contribution in [0.25, 0.3) is 0 Å². The van der Waals surface area contributed by atoms with E-state index in [1.165, 1.54) is 18.4 Å². The van der Waals surface area contributed by atoms with E-state index >= 15 is 0 Å². The van der Waals surface area contributed by atoms with E-state index in [9.17, 15) is 0 Å². The van der Waals surface area contributed by atoms with Crippen molar-refractivity contribution < 1.29 is 0 Å². The van der Waals surface area contributed by atoms with Crippen LogP contribution >= 0.6 is 0 Å². The van der Waals surface area contributed by atoms with Gasteiger partial charge >= 0.3 is 0 Å². The molecule has 1 aliphatic rings. The monoisotopic (exact) mass is 173 g/mol. The summed E-state index contributed by atoms with van der Waals surface area (Å²) < 4.78 is 0. The second kappa shape index (κ2) is 3.65. The quantitative estimate of drug-likeness (QED) is 0.631. The van der Waals surface area contributed by atoms with Crippen molar-refractivity contribution >= 4 is 0 Å². The van der Waals surface area contributed by atoms with Crippen molar-refractivity contribution in [1.29, 1.82) is 0 Å². The molecule has 0 bridgehead atoms. The Hall–Kier alpha value is -1.24. The topological polar surface area (TPSA) is 3.24 Å². The zero-order valence-electron chi connectivity index (χ0n) is 7.98. The SMILES string of the molecule is CN1C=CCCC1c1ccccc1. The number of hydrogen-bond donors (Lipinski definition) is 0. The van der Waals surface area contributed by atoms with Crippen molar-refractivity contribution in [3.05, 3.63) is 48.2 Å². The lowest BCUT2D eigenvalue weighted by Crippen LogP contribution is -2.21. The summed E-state index contributed by atoms with van der Waals surface area (Å²) in [4.78, 5) is 2.29. The van der Waals surface area contributed by atoms with Crippen LogP contribution in [0, 0.1) is 0 Å². The molecule has 0 fully saturated rings. The van der Waals surface area contributed by atoms with Crippen molar-refractivity contribution in [3.63, 3.8) is 0 Å². The summed E-state index contributed by atoms with van der Waals surface area (Å²) in [5, 5.41) is 0. The van der Waals surface area contributed by atoms with Gasteiger partial charge in [-0.15, -0.1) is 0 Å². The summed E-state index contributed by atoms with van der Waals surface area (Å²) in [6, 6.07) is 11.3. The maximum atomic E-state index is 2.29. The molecule has 0 amide bonds. The van der Waals surface area contributed by atoms with Gasteiger partial charge in [0.25, 0.3) is 0 Å². The number of nitrogens with zero attached hydrogens (tertiary/aromatic N) is 1. The number of allylic oxidation sites excluding steroid dienone is 1. The Morgan fingerprint density at radius 3 is 2.69 bits per heavy atom. The highest BCUT2D eigenvalue weighted by molar-refractivity contribution is 5.20. The first-order valence-corrected chi connectivity index (χ1v) is 4.81. The van der Waals surface area contributed by atoms with E-state index in [1.807, 2.05) is 0 Å². The first-order valence-electron chi connectivity index (χ1n) is 4.81. The summed E-state index contributed by atoms with van der Waals surface area (Å²) in [5.74, 6) is 0. The minimum atomic E-state index is 0.575. The van der Waals surface area contributed by atoms with Gasteiger partial charge in [0.15, 0.2) is 0 Å². The standard InChI is InChI=1S/C12H15N/c1-13-10-6-5-9-12(13)11-7-3-2-4-8-11/h2-4,6-8,10,12H,5,9H2,1H3. The second-order valence-electron chi connectivity index (χ2n) is 3.55. The molecule has 1 atom stereocenters. The first-order chi connectivity index (χ1) is 6.38. The Kier molecular flexibility index (Phi) is 2.35. The van der Waals surface area contributed by atoms with Crippen molar-refractivity contribution in [2.24, 2.45) is 0 Å². The summed E-state index contributed by atoms with van der Waals surface area (Å²) in [5.41, 5.74) is 1.43. The average molecular weight is 173 g/mol. The smallest absolute Gasteiger partial charge is 0.0536 e. The minimum Gasteiger partial charge on any atom is -0.374 e. The van der Waals surface area contributed by atoms with E-state index < -0.39 is 0 Å². The van der Waals surface area contributed by atoms with Crippen LogP contribution in [0.15, 0.2) is 42.6 Å². The third kappa shape index (κ3) is 1.74. The van der Waals surface area contributed by atoms with E-state index in [0.29, 0.717) is 6.04 Å². The molecule has 1 nitrogen and oxygen atoms in total. The fourth-order valence-corrected chi connectivity index (χ4v) is 1.88. The van der Waals surface area contributed by atoms with Gasteiger partial charge in [-0.3, -0.25) is 0 Å². The van der Waals surface area contributed by atoms with Crippen molar-refractivity contribution in [3.8, 4) is 0 Å². The van der Waals surface area contributed by atoms with Gasteiger partial charge < -0.3 is 4.90 Å². The zero-order valence-corrected chi connectivity index (χ0v) is 7.98. The van der Waals surface area contributed by atoms with Crippen LogP contribution in [0.2, 0.25) is 0 Å². The van der Waals surface area contributed by atoms with Gasteiger partial charge in [0.2, 0.25) is 0 Å². The van der Waals surface area contributed by atoms with Crippen LogP contribution in [-0.4, -0.2) is 11.9 Å². The molecule has 1 unspecified atom stereocenters. The normalized spacial score (nSPS) is 21.9. The summed E-state index contributed by atoms with van der Waals surface area (Å²) >= 11 is 0. The van der Waals surface area contributed by atoms with Gasteiger partial charge in [-0.05, 0) is 24.6 Å². The molecule has 0 N–H and O–H groups in total. The molecule has 13 heavy (non-hydrogen) atoms. The Bertz CT molecular complexity index is 289. The van der Waals surface area contributed by atoms with E-state index in [0.717, 1.165) is 0 Å².